The van der Waals surface area contributed by atoms with E-state index >= 15 is 0 Å². The van der Waals surface area contributed by atoms with Crippen molar-refractivity contribution in [2.75, 3.05) is 18.0 Å². The first-order valence-corrected chi connectivity index (χ1v) is 5.14. The predicted octanol–water partition coefficient (Wildman–Crippen LogP) is 1.46. The molecule has 1 aliphatic rings. The van der Waals surface area contributed by atoms with Crippen molar-refractivity contribution >= 4 is 12.0 Å². The van der Waals surface area contributed by atoms with Crippen molar-refractivity contribution in [3.63, 3.8) is 0 Å². The van der Waals surface area contributed by atoms with Gasteiger partial charge in [0.2, 0.25) is 0 Å². The maximum Gasteiger partial charge on any atom is 0.152 e. The number of aliphatic hydroxyl groups is 1. The Kier molecular flexibility index (Phi) is 2.49. The molecule has 3 nitrogen and oxygen atoms in total. The summed E-state index contributed by atoms with van der Waals surface area (Å²) in [5.41, 5.74) is 0.983. The number of carbonyl (C=O) groups is 1. The van der Waals surface area contributed by atoms with Crippen LogP contribution < -0.4 is 4.90 Å². The smallest absolute Gasteiger partial charge is 0.152 e. The second-order valence-electron chi connectivity index (χ2n) is 4.35. The molecule has 0 spiro atoms. The molecule has 1 fully saturated rings. The molecule has 1 N–H and O–H groups in total. The maximum atomic E-state index is 10.9. The lowest BCUT2D eigenvalue weighted by atomic mass is 10.1. The Morgan fingerprint density at radius 2 is 2.20 bits per heavy atom. The number of para-hydroxylation sites is 1. The van der Waals surface area contributed by atoms with E-state index < -0.39 is 5.60 Å². The number of anilines is 1. The summed E-state index contributed by atoms with van der Waals surface area (Å²) in [6.45, 7) is 3.23. The van der Waals surface area contributed by atoms with E-state index in [1.807, 2.05) is 25.1 Å². The number of hydrogen-bond donors (Lipinski definition) is 1. The molecular weight excluding hydrogens is 190 g/mol. The summed E-state index contributed by atoms with van der Waals surface area (Å²) in [6.07, 6.45) is 1.61. The lowest BCUT2D eigenvalue weighted by Crippen LogP contribution is -2.30. The molecule has 1 aliphatic heterocycles. The number of benzene rings is 1. The molecule has 1 saturated heterocycles. The predicted molar refractivity (Wildman–Crippen MR) is 59.3 cm³/mol. The van der Waals surface area contributed by atoms with Crippen molar-refractivity contribution in [2.24, 2.45) is 0 Å². The Labute approximate surface area is 89.3 Å². The number of rotatable bonds is 2. The molecule has 1 heterocycles. The third kappa shape index (κ3) is 2.02. The van der Waals surface area contributed by atoms with Crippen LogP contribution in [0.1, 0.15) is 23.7 Å². The monoisotopic (exact) mass is 205 g/mol. The van der Waals surface area contributed by atoms with Gasteiger partial charge < -0.3 is 10.0 Å². The van der Waals surface area contributed by atoms with Crippen LogP contribution in [0.5, 0.6) is 0 Å². The van der Waals surface area contributed by atoms with E-state index in [1.54, 1.807) is 6.07 Å². The van der Waals surface area contributed by atoms with Crippen molar-refractivity contribution in [1.29, 1.82) is 0 Å². The Hall–Kier alpha value is -1.35. The van der Waals surface area contributed by atoms with Crippen molar-refractivity contribution in [2.45, 2.75) is 18.9 Å². The lowest BCUT2D eigenvalue weighted by Gasteiger charge is -2.21. The lowest BCUT2D eigenvalue weighted by molar-refractivity contribution is 0.0839. The Morgan fingerprint density at radius 1 is 1.47 bits per heavy atom. The largest absolute Gasteiger partial charge is 0.388 e. The van der Waals surface area contributed by atoms with E-state index in [1.165, 1.54) is 0 Å². The third-order valence-corrected chi connectivity index (χ3v) is 2.86. The molecule has 1 atom stereocenters. The first kappa shape index (κ1) is 10.2. The summed E-state index contributed by atoms with van der Waals surface area (Å²) in [4.78, 5) is 12.9. The van der Waals surface area contributed by atoms with Crippen molar-refractivity contribution in [1.82, 2.24) is 0 Å². The van der Waals surface area contributed by atoms with E-state index in [-0.39, 0.29) is 0 Å². The molecule has 0 aromatic heterocycles. The molecule has 0 radical (unpaired) electrons. The fourth-order valence-electron chi connectivity index (χ4n) is 2.03. The summed E-state index contributed by atoms with van der Waals surface area (Å²) >= 11 is 0. The summed E-state index contributed by atoms with van der Waals surface area (Å²) < 4.78 is 0. The summed E-state index contributed by atoms with van der Waals surface area (Å²) in [5, 5.41) is 9.86. The number of β-amino-alcohol motifs (C(OH)–C–C–N with tert-alkyl or cyclic N) is 1. The fourth-order valence-corrected chi connectivity index (χ4v) is 2.03. The molecule has 1 aromatic rings. The van der Waals surface area contributed by atoms with Crippen LogP contribution in [0.3, 0.4) is 0 Å². The summed E-state index contributed by atoms with van der Waals surface area (Å²) in [7, 11) is 0. The molecular formula is C12H15NO2. The van der Waals surface area contributed by atoms with Gasteiger partial charge in [-0.25, -0.2) is 0 Å². The molecule has 0 bridgehead atoms. The first-order chi connectivity index (χ1) is 7.12. The van der Waals surface area contributed by atoms with Crippen molar-refractivity contribution in [3.8, 4) is 0 Å². The zero-order valence-electron chi connectivity index (χ0n) is 8.81. The average Bonchev–Trinajstić information content (AvgIpc) is 2.59. The number of aldehydes is 1. The molecule has 80 valence electrons. The van der Waals surface area contributed by atoms with Gasteiger partial charge in [-0.1, -0.05) is 12.1 Å². The van der Waals surface area contributed by atoms with Crippen molar-refractivity contribution in [3.05, 3.63) is 29.8 Å². The number of carbonyl (C=O) groups excluding carboxylic acids is 1. The second-order valence-corrected chi connectivity index (χ2v) is 4.35. The third-order valence-electron chi connectivity index (χ3n) is 2.86. The Balaban J connectivity index is 2.27. The highest BCUT2D eigenvalue weighted by molar-refractivity contribution is 5.84. The van der Waals surface area contributed by atoms with Gasteiger partial charge in [-0.3, -0.25) is 4.79 Å². The number of nitrogens with zero attached hydrogens (tertiary/aromatic N) is 1. The van der Waals surface area contributed by atoms with Crippen LogP contribution in [0.4, 0.5) is 5.69 Å². The van der Waals surface area contributed by atoms with Crippen LogP contribution in [-0.2, 0) is 0 Å². The van der Waals surface area contributed by atoms with E-state index in [0.29, 0.717) is 12.1 Å². The summed E-state index contributed by atoms with van der Waals surface area (Å²) in [6, 6.07) is 7.48. The van der Waals surface area contributed by atoms with Crippen molar-refractivity contribution < 1.29 is 9.90 Å². The highest BCUT2D eigenvalue weighted by Crippen LogP contribution is 2.28. The molecule has 1 unspecified atom stereocenters. The normalized spacial score (nSPS) is 25.6. The Bertz CT molecular complexity index is 374. The van der Waals surface area contributed by atoms with E-state index in [0.717, 1.165) is 24.9 Å². The van der Waals surface area contributed by atoms with E-state index in [9.17, 15) is 9.90 Å². The van der Waals surface area contributed by atoms with Gasteiger partial charge in [0.05, 0.1) is 5.60 Å². The molecule has 0 amide bonds. The second kappa shape index (κ2) is 3.66. The van der Waals surface area contributed by atoms with Gasteiger partial charge >= 0.3 is 0 Å². The van der Waals surface area contributed by atoms with Crippen LogP contribution in [-0.4, -0.2) is 30.1 Å². The van der Waals surface area contributed by atoms with Crippen LogP contribution >= 0.6 is 0 Å². The zero-order valence-corrected chi connectivity index (χ0v) is 8.81. The van der Waals surface area contributed by atoms with Gasteiger partial charge in [0.25, 0.3) is 0 Å². The quantitative estimate of drug-likeness (QED) is 0.743. The molecule has 1 aromatic carbocycles. The van der Waals surface area contributed by atoms with Crippen LogP contribution in [0.25, 0.3) is 0 Å². The molecule has 3 heteroatoms. The minimum Gasteiger partial charge on any atom is -0.388 e. The molecule has 2 rings (SSSR count). The minimum absolute atomic E-state index is 0.595. The van der Waals surface area contributed by atoms with Gasteiger partial charge in [-0.15, -0.1) is 0 Å². The molecule has 15 heavy (non-hydrogen) atoms. The van der Waals surface area contributed by atoms with Gasteiger partial charge in [-0.2, -0.15) is 0 Å². The highest BCUT2D eigenvalue weighted by Gasteiger charge is 2.31. The first-order valence-electron chi connectivity index (χ1n) is 5.14. The zero-order chi connectivity index (χ0) is 10.9. The van der Waals surface area contributed by atoms with Gasteiger partial charge in [-0.05, 0) is 25.5 Å². The number of hydrogen-bond acceptors (Lipinski definition) is 3. The van der Waals surface area contributed by atoms with Gasteiger partial charge in [0.1, 0.15) is 0 Å². The van der Waals surface area contributed by atoms with Crippen LogP contribution in [0, 0.1) is 0 Å². The SMILES string of the molecule is CC1(O)CCN(c2ccccc2C=O)C1. The van der Waals surface area contributed by atoms with E-state index in [4.69, 9.17) is 0 Å². The minimum atomic E-state index is -0.629. The molecule has 0 aliphatic carbocycles. The standard InChI is InChI=1S/C12H15NO2/c1-12(15)6-7-13(9-12)11-5-3-2-4-10(11)8-14/h2-5,8,15H,6-7,9H2,1H3. The Morgan fingerprint density at radius 3 is 2.80 bits per heavy atom. The van der Waals surface area contributed by atoms with Gasteiger partial charge in [0.15, 0.2) is 6.29 Å². The van der Waals surface area contributed by atoms with E-state index in [2.05, 4.69) is 4.90 Å². The van der Waals surface area contributed by atoms with Crippen LogP contribution in [0.15, 0.2) is 24.3 Å². The maximum absolute atomic E-state index is 10.9. The van der Waals surface area contributed by atoms with Gasteiger partial charge in [0, 0.05) is 24.3 Å². The van der Waals surface area contributed by atoms with Crippen LogP contribution in [0.2, 0.25) is 0 Å². The fraction of sp³-hybridized carbons (Fsp3) is 0.417. The topological polar surface area (TPSA) is 40.5 Å². The average molecular weight is 205 g/mol. The summed E-state index contributed by atoms with van der Waals surface area (Å²) in [5.74, 6) is 0. The molecule has 0 saturated carbocycles. The highest BCUT2D eigenvalue weighted by atomic mass is 16.3.